The highest BCUT2D eigenvalue weighted by Gasteiger charge is 2.21. The molecule has 1 fully saturated rings. The van der Waals surface area contributed by atoms with Crippen LogP contribution in [-0.2, 0) is 6.54 Å². The summed E-state index contributed by atoms with van der Waals surface area (Å²) in [5, 5.41) is 3.41. The lowest BCUT2D eigenvalue weighted by molar-refractivity contribution is 0.426. The number of oxazole rings is 1. The van der Waals surface area contributed by atoms with Crippen molar-refractivity contribution in [3.8, 4) is 0 Å². The first-order chi connectivity index (χ1) is 8.42. The number of nitrogens with zero attached hydrogens (tertiary/aromatic N) is 1. The third-order valence-electron chi connectivity index (χ3n) is 3.62. The van der Waals surface area contributed by atoms with Crippen molar-refractivity contribution < 1.29 is 4.42 Å². The van der Waals surface area contributed by atoms with Crippen LogP contribution in [0.1, 0.15) is 69.2 Å². The zero-order valence-electron chi connectivity index (χ0n) is 10.9. The van der Waals surface area contributed by atoms with E-state index < -0.39 is 0 Å². The van der Waals surface area contributed by atoms with E-state index in [9.17, 15) is 0 Å². The van der Waals surface area contributed by atoms with Crippen LogP contribution in [0.3, 0.4) is 0 Å². The highest BCUT2D eigenvalue weighted by Crippen LogP contribution is 2.33. The van der Waals surface area contributed by atoms with Crippen molar-refractivity contribution in [1.82, 2.24) is 10.3 Å². The molecule has 3 nitrogen and oxygen atoms in total. The van der Waals surface area contributed by atoms with Gasteiger partial charge < -0.3 is 9.73 Å². The van der Waals surface area contributed by atoms with Gasteiger partial charge in [0.2, 0.25) is 0 Å². The van der Waals surface area contributed by atoms with Crippen molar-refractivity contribution in [3.05, 3.63) is 17.8 Å². The van der Waals surface area contributed by atoms with Gasteiger partial charge in [0.15, 0.2) is 6.39 Å². The van der Waals surface area contributed by atoms with E-state index in [0.29, 0.717) is 5.92 Å². The standard InChI is InChI=1S/C14H24N2O/c1-2-9-15-10-13-14(17-11-16-13)12-7-5-3-4-6-8-12/h11-12,15H,2-10H2,1H3. The minimum Gasteiger partial charge on any atom is -0.448 e. The second-order valence-corrected chi connectivity index (χ2v) is 5.03. The molecule has 0 amide bonds. The van der Waals surface area contributed by atoms with Gasteiger partial charge in [0.25, 0.3) is 0 Å². The average Bonchev–Trinajstić information content (AvgIpc) is 2.63. The molecule has 0 aromatic carbocycles. The Morgan fingerprint density at radius 2 is 2.06 bits per heavy atom. The molecule has 3 heteroatoms. The maximum atomic E-state index is 5.64. The molecular weight excluding hydrogens is 212 g/mol. The first-order valence-electron chi connectivity index (χ1n) is 7.04. The number of hydrogen-bond donors (Lipinski definition) is 1. The predicted molar refractivity (Wildman–Crippen MR) is 68.9 cm³/mol. The maximum Gasteiger partial charge on any atom is 0.181 e. The predicted octanol–water partition coefficient (Wildman–Crippen LogP) is 3.61. The molecule has 2 rings (SSSR count). The molecule has 96 valence electrons. The van der Waals surface area contributed by atoms with Crippen LogP contribution in [-0.4, -0.2) is 11.5 Å². The van der Waals surface area contributed by atoms with Crippen molar-refractivity contribution in [1.29, 1.82) is 0 Å². The topological polar surface area (TPSA) is 38.1 Å². The molecule has 1 aromatic heterocycles. The average molecular weight is 236 g/mol. The van der Waals surface area contributed by atoms with Gasteiger partial charge in [-0.2, -0.15) is 0 Å². The summed E-state index contributed by atoms with van der Waals surface area (Å²) in [5.41, 5.74) is 1.13. The minimum atomic E-state index is 0.610. The SMILES string of the molecule is CCCNCc1ncoc1C1CCCCCC1. The molecule has 1 aliphatic carbocycles. The quantitative estimate of drug-likeness (QED) is 0.627. The van der Waals surface area contributed by atoms with Gasteiger partial charge in [0, 0.05) is 12.5 Å². The zero-order valence-corrected chi connectivity index (χ0v) is 10.9. The first-order valence-corrected chi connectivity index (χ1v) is 7.04. The number of hydrogen-bond acceptors (Lipinski definition) is 3. The molecule has 0 spiro atoms. The third-order valence-corrected chi connectivity index (χ3v) is 3.62. The van der Waals surface area contributed by atoms with Crippen LogP contribution < -0.4 is 5.32 Å². The van der Waals surface area contributed by atoms with Crippen molar-refractivity contribution >= 4 is 0 Å². The van der Waals surface area contributed by atoms with Gasteiger partial charge in [-0.1, -0.05) is 32.6 Å². The molecule has 0 bridgehead atoms. The summed E-state index contributed by atoms with van der Waals surface area (Å²) in [6.45, 7) is 4.09. The van der Waals surface area contributed by atoms with E-state index in [1.54, 1.807) is 6.39 Å². The molecule has 0 saturated heterocycles. The molecule has 1 aliphatic rings. The Bertz CT molecular complexity index is 314. The monoisotopic (exact) mass is 236 g/mol. The minimum absolute atomic E-state index is 0.610. The molecule has 0 unspecified atom stereocenters. The van der Waals surface area contributed by atoms with Crippen LogP contribution in [0.4, 0.5) is 0 Å². The van der Waals surface area contributed by atoms with Crippen molar-refractivity contribution in [2.45, 2.75) is 64.3 Å². The highest BCUT2D eigenvalue weighted by molar-refractivity contribution is 5.13. The van der Waals surface area contributed by atoms with Crippen LogP contribution in [0.5, 0.6) is 0 Å². The molecule has 0 aliphatic heterocycles. The fourth-order valence-corrected chi connectivity index (χ4v) is 2.67. The lowest BCUT2D eigenvalue weighted by Gasteiger charge is -2.12. The fraction of sp³-hybridized carbons (Fsp3) is 0.786. The van der Waals surface area contributed by atoms with E-state index in [4.69, 9.17) is 4.42 Å². The van der Waals surface area contributed by atoms with Gasteiger partial charge >= 0.3 is 0 Å². The summed E-state index contributed by atoms with van der Waals surface area (Å²) in [5.74, 6) is 1.76. The Morgan fingerprint density at radius 1 is 1.29 bits per heavy atom. The molecule has 1 aromatic rings. The Labute approximate surface area is 104 Å². The molecule has 17 heavy (non-hydrogen) atoms. The molecular formula is C14H24N2O. The summed E-state index contributed by atoms with van der Waals surface area (Å²) >= 11 is 0. The van der Waals surface area contributed by atoms with Crippen molar-refractivity contribution in [3.63, 3.8) is 0 Å². The van der Waals surface area contributed by atoms with E-state index in [-0.39, 0.29) is 0 Å². The molecule has 1 heterocycles. The van der Waals surface area contributed by atoms with E-state index in [1.807, 2.05) is 0 Å². The second kappa shape index (κ2) is 6.80. The van der Waals surface area contributed by atoms with E-state index in [0.717, 1.165) is 31.0 Å². The zero-order chi connectivity index (χ0) is 11.9. The number of rotatable bonds is 5. The van der Waals surface area contributed by atoms with Crippen molar-refractivity contribution in [2.75, 3.05) is 6.54 Å². The van der Waals surface area contributed by atoms with E-state index in [2.05, 4.69) is 17.2 Å². The van der Waals surface area contributed by atoms with Gasteiger partial charge in [-0.3, -0.25) is 0 Å². The normalized spacial score (nSPS) is 18.2. The van der Waals surface area contributed by atoms with E-state index >= 15 is 0 Å². The van der Waals surface area contributed by atoms with Crippen LogP contribution in [0.15, 0.2) is 10.8 Å². The third kappa shape index (κ3) is 3.56. The highest BCUT2D eigenvalue weighted by atomic mass is 16.3. The summed E-state index contributed by atoms with van der Waals surface area (Å²) < 4.78 is 5.64. The van der Waals surface area contributed by atoms with Crippen LogP contribution in [0.2, 0.25) is 0 Å². The lowest BCUT2D eigenvalue weighted by atomic mass is 9.96. The summed E-state index contributed by atoms with van der Waals surface area (Å²) in [7, 11) is 0. The summed E-state index contributed by atoms with van der Waals surface area (Å²) in [6.07, 6.45) is 10.8. The molecule has 1 saturated carbocycles. The maximum absolute atomic E-state index is 5.64. The molecule has 1 N–H and O–H groups in total. The Hall–Kier alpha value is -0.830. The van der Waals surface area contributed by atoms with Crippen LogP contribution >= 0.6 is 0 Å². The summed E-state index contributed by atoms with van der Waals surface area (Å²) in [4.78, 5) is 4.36. The van der Waals surface area contributed by atoms with Crippen LogP contribution in [0.25, 0.3) is 0 Å². The van der Waals surface area contributed by atoms with Crippen molar-refractivity contribution in [2.24, 2.45) is 0 Å². The van der Waals surface area contributed by atoms with Gasteiger partial charge in [-0.05, 0) is 25.8 Å². The molecule has 0 atom stereocenters. The fourth-order valence-electron chi connectivity index (χ4n) is 2.67. The van der Waals surface area contributed by atoms with Gasteiger partial charge in [0.1, 0.15) is 5.76 Å². The van der Waals surface area contributed by atoms with Gasteiger partial charge in [0.05, 0.1) is 5.69 Å². The Balaban J connectivity index is 1.96. The second-order valence-electron chi connectivity index (χ2n) is 5.03. The lowest BCUT2D eigenvalue weighted by Crippen LogP contribution is -2.15. The van der Waals surface area contributed by atoms with Gasteiger partial charge in [-0.25, -0.2) is 4.98 Å². The molecule has 0 radical (unpaired) electrons. The smallest absolute Gasteiger partial charge is 0.181 e. The largest absolute Gasteiger partial charge is 0.448 e. The first kappa shape index (κ1) is 12.6. The number of nitrogens with one attached hydrogen (secondary N) is 1. The number of aromatic nitrogens is 1. The van der Waals surface area contributed by atoms with Crippen LogP contribution in [0, 0.1) is 0 Å². The Kier molecular flexibility index (Phi) is 5.05. The van der Waals surface area contributed by atoms with Gasteiger partial charge in [-0.15, -0.1) is 0 Å². The van der Waals surface area contributed by atoms with E-state index in [1.165, 1.54) is 38.5 Å². The summed E-state index contributed by atoms with van der Waals surface area (Å²) in [6, 6.07) is 0. The Morgan fingerprint density at radius 3 is 2.76 bits per heavy atom.